The molecule has 1 saturated carbocycles. The van der Waals surface area contributed by atoms with Gasteiger partial charge < -0.3 is 10.1 Å². The molecule has 0 spiro atoms. The van der Waals surface area contributed by atoms with E-state index < -0.39 is 0 Å². The first-order valence-corrected chi connectivity index (χ1v) is 9.89. The van der Waals surface area contributed by atoms with E-state index in [2.05, 4.69) is 15.3 Å². The Morgan fingerprint density at radius 1 is 1.22 bits per heavy atom. The van der Waals surface area contributed by atoms with Crippen LogP contribution in [-0.4, -0.2) is 22.5 Å². The summed E-state index contributed by atoms with van der Waals surface area (Å²) in [7, 11) is 0. The summed E-state index contributed by atoms with van der Waals surface area (Å²) < 4.78 is 5.64. The molecule has 1 aliphatic carbocycles. The largest absolute Gasteiger partial charge is 0.477 e. The summed E-state index contributed by atoms with van der Waals surface area (Å²) in [5, 5.41) is 3.81. The number of thiazole rings is 1. The van der Waals surface area contributed by atoms with Gasteiger partial charge in [-0.3, -0.25) is 4.79 Å². The Bertz CT molecular complexity index is 918. The van der Waals surface area contributed by atoms with Gasteiger partial charge in [-0.2, -0.15) is 0 Å². The quantitative estimate of drug-likeness (QED) is 0.667. The number of nitrogens with zero attached hydrogens (tertiary/aromatic N) is 2. The molecule has 0 unspecified atom stereocenters. The lowest BCUT2D eigenvalue weighted by molar-refractivity contribution is 0.0954. The Kier molecular flexibility index (Phi) is 5.16. The number of nitrogens with one attached hydrogen (secondary N) is 1. The van der Waals surface area contributed by atoms with Gasteiger partial charge in [-0.25, -0.2) is 9.97 Å². The Morgan fingerprint density at radius 3 is 2.74 bits per heavy atom. The number of pyridine rings is 1. The molecule has 0 aliphatic heterocycles. The minimum Gasteiger partial charge on any atom is -0.477 e. The summed E-state index contributed by atoms with van der Waals surface area (Å²) in [4.78, 5) is 22.0. The second kappa shape index (κ2) is 7.88. The van der Waals surface area contributed by atoms with Crippen LogP contribution in [0.3, 0.4) is 0 Å². The zero-order chi connectivity index (χ0) is 18.6. The van der Waals surface area contributed by atoms with Crippen molar-refractivity contribution >= 4 is 17.2 Å². The smallest absolute Gasteiger partial charge is 0.263 e. The predicted octanol–water partition coefficient (Wildman–Crippen LogP) is 4.23. The van der Waals surface area contributed by atoms with Crippen molar-refractivity contribution in [3.63, 3.8) is 0 Å². The molecule has 27 heavy (non-hydrogen) atoms. The van der Waals surface area contributed by atoms with E-state index in [-0.39, 0.29) is 5.91 Å². The molecule has 2 heterocycles. The highest BCUT2D eigenvalue weighted by Crippen LogP contribution is 2.29. The number of aromatic nitrogens is 2. The number of ether oxygens (including phenoxy) is 1. The summed E-state index contributed by atoms with van der Waals surface area (Å²) in [5.41, 5.74) is 2.71. The van der Waals surface area contributed by atoms with E-state index in [9.17, 15) is 4.79 Å². The maximum Gasteiger partial charge on any atom is 0.263 e. The van der Waals surface area contributed by atoms with Crippen LogP contribution in [0.1, 0.15) is 33.8 Å². The van der Waals surface area contributed by atoms with Crippen molar-refractivity contribution in [3.05, 3.63) is 64.8 Å². The van der Waals surface area contributed by atoms with Gasteiger partial charge in [0.1, 0.15) is 9.88 Å². The molecule has 5 nitrogen and oxygen atoms in total. The zero-order valence-corrected chi connectivity index (χ0v) is 16.0. The van der Waals surface area contributed by atoms with Crippen molar-refractivity contribution in [1.29, 1.82) is 0 Å². The van der Waals surface area contributed by atoms with E-state index in [1.807, 2.05) is 49.4 Å². The third kappa shape index (κ3) is 4.52. The highest BCUT2D eigenvalue weighted by molar-refractivity contribution is 7.17. The molecule has 1 N–H and O–H groups in total. The van der Waals surface area contributed by atoms with Crippen LogP contribution >= 0.6 is 11.3 Å². The lowest BCUT2D eigenvalue weighted by Crippen LogP contribution is -2.22. The van der Waals surface area contributed by atoms with Crippen molar-refractivity contribution in [2.45, 2.75) is 26.3 Å². The summed E-state index contributed by atoms with van der Waals surface area (Å²) in [6, 6.07) is 13.7. The van der Waals surface area contributed by atoms with Gasteiger partial charge in [-0.05, 0) is 31.2 Å². The Hall–Kier alpha value is -2.73. The van der Waals surface area contributed by atoms with Crippen LogP contribution in [0, 0.1) is 12.8 Å². The number of amides is 1. The normalized spacial score (nSPS) is 13.4. The van der Waals surface area contributed by atoms with Gasteiger partial charge in [0, 0.05) is 24.4 Å². The first-order chi connectivity index (χ1) is 13.2. The van der Waals surface area contributed by atoms with Gasteiger partial charge in [0.25, 0.3) is 5.91 Å². The summed E-state index contributed by atoms with van der Waals surface area (Å²) >= 11 is 1.41. The summed E-state index contributed by atoms with van der Waals surface area (Å²) in [6.45, 7) is 3.04. The number of carbonyl (C=O) groups is 1. The highest BCUT2D eigenvalue weighted by Gasteiger charge is 2.22. The number of rotatable bonds is 7. The molecule has 138 valence electrons. The van der Waals surface area contributed by atoms with E-state index in [0.717, 1.165) is 28.4 Å². The van der Waals surface area contributed by atoms with Crippen molar-refractivity contribution in [2.75, 3.05) is 6.61 Å². The van der Waals surface area contributed by atoms with Crippen LogP contribution in [-0.2, 0) is 6.54 Å². The average molecular weight is 379 g/mol. The second-order valence-electron chi connectivity index (χ2n) is 6.74. The molecule has 1 aliphatic rings. The van der Waals surface area contributed by atoms with Gasteiger partial charge in [0.2, 0.25) is 5.88 Å². The number of aryl methyl sites for hydroxylation is 1. The molecule has 0 atom stereocenters. The zero-order valence-electron chi connectivity index (χ0n) is 15.1. The van der Waals surface area contributed by atoms with Gasteiger partial charge in [0.15, 0.2) is 0 Å². The van der Waals surface area contributed by atoms with Crippen molar-refractivity contribution in [1.82, 2.24) is 15.3 Å². The van der Waals surface area contributed by atoms with Crippen LogP contribution in [0.5, 0.6) is 5.88 Å². The monoisotopic (exact) mass is 379 g/mol. The van der Waals surface area contributed by atoms with Gasteiger partial charge in [-0.1, -0.05) is 36.4 Å². The third-order valence-electron chi connectivity index (χ3n) is 4.44. The molecule has 4 rings (SSSR count). The number of benzene rings is 1. The van der Waals surface area contributed by atoms with Gasteiger partial charge in [-0.15, -0.1) is 11.3 Å². The molecule has 1 aromatic carbocycles. The fourth-order valence-electron chi connectivity index (χ4n) is 2.66. The van der Waals surface area contributed by atoms with Crippen LogP contribution in [0.4, 0.5) is 0 Å². The minimum absolute atomic E-state index is 0.110. The Labute approximate surface area is 162 Å². The molecule has 2 aromatic heterocycles. The SMILES string of the molecule is Cc1nc(-c2ccccc2)sc1C(=O)NCc1ccc(OCC2CC2)nc1. The highest BCUT2D eigenvalue weighted by atomic mass is 32.1. The van der Waals surface area contributed by atoms with Crippen molar-refractivity contribution < 1.29 is 9.53 Å². The Morgan fingerprint density at radius 2 is 2.04 bits per heavy atom. The molecule has 0 radical (unpaired) electrons. The van der Waals surface area contributed by atoms with Crippen LogP contribution in [0.2, 0.25) is 0 Å². The van der Waals surface area contributed by atoms with Crippen molar-refractivity contribution in [2.24, 2.45) is 5.92 Å². The van der Waals surface area contributed by atoms with E-state index in [1.165, 1.54) is 24.2 Å². The van der Waals surface area contributed by atoms with Gasteiger partial charge in [0.05, 0.1) is 12.3 Å². The second-order valence-corrected chi connectivity index (χ2v) is 7.74. The maximum absolute atomic E-state index is 12.5. The number of carbonyl (C=O) groups excluding carboxylic acids is 1. The standard InChI is InChI=1S/C21H21N3O2S/c1-14-19(27-21(24-14)17-5-3-2-4-6-17)20(25)23-12-16-9-10-18(22-11-16)26-13-15-7-8-15/h2-6,9-11,15H,7-8,12-13H2,1H3,(H,23,25). The first-order valence-electron chi connectivity index (χ1n) is 9.08. The van der Waals surface area contributed by atoms with Crippen LogP contribution in [0.25, 0.3) is 10.6 Å². The van der Waals surface area contributed by atoms with Crippen LogP contribution in [0.15, 0.2) is 48.7 Å². The topological polar surface area (TPSA) is 64.1 Å². The molecular formula is C21H21N3O2S. The molecule has 0 bridgehead atoms. The van der Waals surface area contributed by atoms with E-state index in [0.29, 0.717) is 23.2 Å². The van der Waals surface area contributed by atoms with E-state index >= 15 is 0 Å². The molecule has 6 heteroatoms. The minimum atomic E-state index is -0.110. The van der Waals surface area contributed by atoms with E-state index in [1.54, 1.807) is 6.20 Å². The molecule has 3 aromatic rings. The lowest BCUT2D eigenvalue weighted by atomic mass is 10.2. The van der Waals surface area contributed by atoms with Gasteiger partial charge >= 0.3 is 0 Å². The maximum atomic E-state index is 12.5. The molecule has 0 saturated heterocycles. The third-order valence-corrected chi connectivity index (χ3v) is 5.64. The number of hydrogen-bond acceptors (Lipinski definition) is 5. The first kappa shape index (κ1) is 17.7. The fourth-order valence-corrected chi connectivity index (χ4v) is 3.65. The van der Waals surface area contributed by atoms with E-state index in [4.69, 9.17) is 4.74 Å². The van der Waals surface area contributed by atoms with Crippen molar-refractivity contribution in [3.8, 4) is 16.5 Å². The average Bonchev–Trinajstić information content (AvgIpc) is 3.46. The number of hydrogen-bond donors (Lipinski definition) is 1. The summed E-state index contributed by atoms with van der Waals surface area (Å²) in [5.74, 6) is 1.23. The van der Waals surface area contributed by atoms with Crippen LogP contribution < -0.4 is 10.1 Å². The predicted molar refractivity (Wildman–Crippen MR) is 106 cm³/mol. The Balaban J connectivity index is 1.35. The lowest BCUT2D eigenvalue weighted by Gasteiger charge is -2.06. The summed E-state index contributed by atoms with van der Waals surface area (Å²) in [6.07, 6.45) is 4.26. The fraction of sp³-hybridized carbons (Fsp3) is 0.286. The molecular weight excluding hydrogens is 358 g/mol. The molecule has 1 fully saturated rings. The molecule has 1 amide bonds.